The maximum Gasteiger partial charge on any atom is 0.142 e. The van der Waals surface area contributed by atoms with E-state index in [0.717, 1.165) is 35.4 Å². The Labute approximate surface area is 120 Å². The minimum Gasteiger partial charge on any atom is -0.495 e. The first-order valence-corrected chi connectivity index (χ1v) is 7.16. The molecule has 0 bridgehead atoms. The van der Waals surface area contributed by atoms with E-state index in [-0.39, 0.29) is 0 Å². The van der Waals surface area contributed by atoms with E-state index in [1.807, 2.05) is 24.7 Å². The fourth-order valence-electron chi connectivity index (χ4n) is 2.57. The fraction of sp³-hybridized carbons (Fsp3) is 0.357. The fourth-order valence-corrected chi connectivity index (χ4v) is 2.92. The van der Waals surface area contributed by atoms with Crippen LogP contribution in [0.15, 0.2) is 35.2 Å². The first-order valence-electron chi connectivity index (χ1n) is 6.36. The predicted molar refractivity (Wildman–Crippen MR) is 78.0 cm³/mol. The van der Waals surface area contributed by atoms with Gasteiger partial charge in [-0.25, -0.2) is 4.98 Å². The van der Waals surface area contributed by atoms with E-state index in [1.54, 1.807) is 7.11 Å². The summed E-state index contributed by atoms with van der Waals surface area (Å²) in [6, 6.07) is 6.01. The molecule has 0 saturated carbocycles. The second-order valence-electron chi connectivity index (χ2n) is 4.69. The van der Waals surface area contributed by atoms with Gasteiger partial charge in [0.05, 0.1) is 19.1 Å². The molecule has 0 radical (unpaired) electrons. The van der Waals surface area contributed by atoms with Crippen LogP contribution in [0.5, 0.6) is 5.75 Å². The standard InChI is InChI=1S/C14H16BrN3O/c1-19-14-3-2-11(15)6-12(14)18-9-17-8-13(18)10-4-5-16-7-10/h2-3,6,8-10,16H,4-5,7H2,1H3. The molecule has 0 spiro atoms. The Morgan fingerprint density at radius 2 is 2.37 bits per heavy atom. The van der Waals surface area contributed by atoms with Crippen LogP contribution >= 0.6 is 15.9 Å². The van der Waals surface area contributed by atoms with Crippen molar-refractivity contribution in [3.8, 4) is 11.4 Å². The highest BCUT2D eigenvalue weighted by Gasteiger charge is 2.21. The summed E-state index contributed by atoms with van der Waals surface area (Å²) in [6.07, 6.45) is 4.97. The summed E-state index contributed by atoms with van der Waals surface area (Å²) >= 11 is 3.52. The zero-order valence-electron chi connectivity index (χ0n) is 10.8. The molecule has 2 heterocycles. The molecule has 100 valence electrons. The normalized spacial score (nSPS) is 18.7. The second-order valence-corrected chi connectivity index (χ2v) is 5.61. The maximum atomic E-state index is 5.46. The molecule has 0 aliphatic carbocycles. The molecule has 4 nitrogen and oxygen atoms in total. The molecule has 3 rings (SSSR count). The lowest BCUT2D eigenvalue weighted by Gasteiger charge is -2.15. The van der Waals surface area contributed by atoms with Crippen LogP contribution in [0.1, 0.15) is 18.0 Å². The lowest BCUT2D eigenvalue weighted by molar-refractivity contribution is 0.412. The minimum atomic E-state index is 0.520. The first-order chi connectivity index (χ1) is 9.29. The maximum absolute atomic E-state index is 5.46. The van der Waals surface area contributed by atoms with Gasteiger partial charge < -0.3 is 10.1 Å². The number of nitrogens with zero attached hydrogens (tertiary/aromatic N) is 2. The van der Waals surface area contributed by atoms with Crippen LogP contribution in [-0.4, -0.2) is 29.8 Å². The molecule has 0 amide bonds. The van der Waals surface area contributed by atoms with Crippen LogP contribution in [0.2, 0.25) is 0 Å². The number of rotatable bonds is 3. The third kappa shape index (κ3) is 2.40. The zero-order chi connectivity index (χ0) is 13.2. The smallest absolute Gasteiger partial charge is 0.142 e. The topological polar surface area (TPSA) is 39.1 Å². The highest BCUT2D eigenvalue weighted by atomic mass is 79.9. The second kappa shape index (κ2) is 5.35. The van der Waals surface area contributed by atoms with Gasteiger partial charge in [-0.05, 0) is 31.2 Å². The quantitative estimate of drug-likeness (QED) is 0.944. The van der Waals surface area contributed by atoms with Crippen molar-refractivity contribution in [1.29, 1.82) is 0 Å². The largest absolute Gasteiger partial charge is 0.495 e. The zero-order valence-corrected chi connectivity index (χ0v) is 12.4. The summed E-state index contributed by atoms with van der Waals surface area (Å²) in [4.78, 5) is 4.31. The van der Waals surface area contributed by atoms with Crippen molar-refractivity contribution in [3.63, 3.8) is 0 Å². The molecule has 1 unspecified atom stereocenters. The van der Waals surface area contributed by atoms with E-state index in [9.17, 15) is 0 Å². The Hall–Kier alpha value is -1.33. The van der Waals surface area contributed by atoms with Crippen molar-refractivity contribution < 1.29 is 4.74 Å². The van der Waals surface area contributed by atoms with E-state index < -0.39 is 0 Å². The average Bonchev–Trinajstić information content (AvgIpc) is 3.09. The van der Waals surface area contributed by atoms with Crippen molar-refractivity contribution in [2.45, 2.75) is 12.3 Å². The Morgan fingerprint density at radius 3 is 3.11 bits per heavy atom. The van der Waals surface area contributed by atoms with Crippen LogP contribution in [0.4, 0.5) is 0 Å². The summed E-state index contributed by atoms with van der Waals surface area (Å²) in [7, 11) is 1.69. The van der Waals surface area contributed by atoms with Gasteiger partial charge in [0.1, 0.15) is 5.75 Å². The highest BCUT2D eigenvalue weighted by molar-refractivity contribution is 9.10. The summed E-state index contributed by atoms with van der Waals surface area (Å²) < 4.78 is 8.62. The van der Waals surface area contributed by atoms with Crippen LogP contribution < -0.4 is 10.1 Å². The van der Waals surface area contributed by atoms with Gasteiger partial charge in [-0.2, -0.15) is 0 Å². The molecule has 1 atom stereocenters. The number of halogens is 1. The summed E-state index contributed by atoms with van der Waals surface area (Å²) in [5.74, 6) is 1.37. The third-order valence-corrected chi connectivity index (χ3v) is 4.04. The van der Waals surface area contributed by atoms with Gasteiger partial charge in [0.15, 0.2) is 0 Å². The number of imidazole rings is 1. The number of ether oxygens (including phenoxy) is 1. The number of benzene rings is 1. The number of nitrogens with one attached hydrogen (secondary N) is 1. The van der Waals surface area contributed by atoms with E-state index in [4.69, 9.17) is 4.74 Å². The van der Waals surface area contributed by atoms with Crippen LogP contribution in [-0.2, 0) is 0 Å². The van der Waals surface area contributed by atoms with Crippen LogP contribution in [0, 0.1) is 0 Å². The summed E-state index contributed by atoms with van der Waals surface area (Å²) in [5, 5.41) is 3.40. The van der Waals surface area contributed by atoms with E-state index in [0.29, 0.717) is 5.92 Å². The monoisotopic (exact) mass is 321 g/mol. The Bertz CT molecular complexity index is 576. The highest BCUT2D eigenvalue weighted by Crippen LogP contribution is 2.31. The summed E-state index contributed by atoms with van der Waals surface area (Å²) in [6.45, 7) is 2.09. The van der Waals surface area contributed by atoms with Gasteiger partial charge in [-0.15, -0.1) is 0 Å². The summed E-state index contributed by atoms with van der Waals surface area (Å²) in [5.41, 5.74) is 2.26. The van der Waals surface area contributed by atoms with Gasteiger partial charge in [0.2, 0.25) is 0 Å². The molecule has 1 aromatic carbocycles. The van der Waals surface area contributed by atoms with Crippen molar-refractivity contribution in [2.24, 2.45) is 0 Å². The number of hydrogen-bond donors (Lipinski definition) is 1. The van der Waals surface area contributed by atoms with Gasteiger partial charge in [-0.3, -0.25) is 4.57 Å². The van der Waals surface area contributed by atoms with E-state index in [2.05, 4.69) is 36.9 Å². The number of methoxy groups -OCH3 is 1. The first kappa shape index (κ1) is 12.7. The van der Waals surface area contributed by atoms with Gasteiger partial charge in [0, 0.05) is 28.8 Å². The molecular formula is C14H16BrN3O. The van der Waals surface area contributed by atoms with Crippen molar-refractivity contribution in [3.05, 3.63) is 40.9 Å². The SMILES string of the molecule is COc1ccc(Br)cc1-n1cncc1C1CCNC1. The molecule has 1 aromatic heterocycles. The molecular weight excluding hydrogens is 306 g/mol. The predicted octanol–water partition coefficient (Wildman–Crippen LogP) is 2.72. The van der Waals surface area contributed by atoms with E-state index >= 15 is 0 Å². The van der Waals surface area contributed by atoms with Gasteiger partial charge in [0.25, 0.3) is 0 Å². The van der Waals surface area contributed by atoms with Gasteiger partial charge >= 0.3 is 0 Å². The third-order valence-electron chi connectivity index (χ3n) is 3.55. The molecule has 1 aliphatic rings. The Kier molecular flexibility index (Phi) is 3.57. The lowest BCUT2D eigenvalue weighted by Crippen LogP contribution is -2.11. The molecule has 2 aromatic rings. The molecule has 5 heteroatoms. The molecule has 1 fully saturated rings. The molecule has 1 N–H and O–H groups in total. The van der Waals surface area contributed by atoms with Gasteiger partial charge in [-0.1, -0.05) is 15.9 Å². The van der Waals surface area contributed by atoms with Crippen LogP contribution in [0.3, 0.4) is 0 Å². The lowest BCUT2D eigenvalue weighted by atomic mass is 10.1. The van der Waals surface area contributed by atoms with Crippen LogP contribution in [0.25, 0.3) is 5.69 Å². The molecule has 1 aliphatic heterocycles. The Morgan fingerprint density at radius 1 is 1.47 bits per heavy atom. The molecule has 19 heavy (non-hydrogen) atoms. The van der Waals surface area contributed by atoms with E-state index in [1.165, 1.54) is 5.69 Å². The van der Waals surface area contributed by atoms with Crippen molar-refractivity contribution >= 4 is 15.9 Å². The molecule has 1 saturated heterocycles. The average molecular weight is 322 g/mol. The van der Waals surface area contributed by atoms with Crippen molar-refractivity contribution in [2.75, 3.05) is 20.2 Å². The number of aromatic nitrogens is 2. The Balaban J connectivity index is 2.07. The minimum absolute atomic E-state index is 0.520. The number of hydrogen-bond acceptors (Lipinski definition) is 3. The van der Waals surface area contributed by atoms with Crippen molar-refractivity contribution in [1.82, 2.24) is 14.9 Å².